The lowest BCUT2D eigenvalue weighted by Gasteiger charge is -2.06. The minimum Gasteiger partial charge on any atom is -0.334 e. The molecule has 0 saturated carbocycles. The molecule has 0 spiro atoms. The summed E-state index contributed by atoms with van der Waals surface area (Å²) in [4.78, 5) is 4.31. The molecule has 0 aliphatic carbocycles. The SMILES string of the molecule is CCn1ccnc1CNCCCn1ccnn1. The summed E-state index contributed by atoms with van der Waals surface area (Å²) in [6.07, 6.45) is 8.47. The van der Waals surface area contributed by atoms with Gasteiger partial charge in [0.25, 0.3) is 0 Å². The van der Waals surface area contributed by atoms with E-state index in [0.717, 1.165) is 38.4 Å². The fraction of sp³-hybridized carbons (Fsp3) is 0.545. The number of hydrogen-bond donors (Lipinski definition) is 1. The summed E-state index contributed by atoms with van der Waals surface area (Å²) in [6, 6.07) is 0. The van der Waals surface area contributed by atoms with Gasteiger partial charge in [0.15, 0.2) is 0 Å². The Morgan fingerprint density at radius 2 is 2.24 bits per heavy atom. The van der Waals surface area contributed by atoms with Crippen molar-refractivity contribution in [3.8, 4) is 0 Å². The monoisotopic (exact) mass is 234 g/mol. The summed E-state index contributed by atoms with van der Waals surface area (Å²) in [5.74, 6) is 1.09. The Labute approximate surface area is 101 Å². The van der Waals surface area contributed by atoms with Crippen LogP contribution in [0, 0.1) is 0 Å². The van der Waals surface area contributed by atoms with E-state index in [-0.39, 0.29) is 0 Å². The predicted molar refractivity (Wildman–Crippen MR) is 64.2 cm³/mol. The Bertz CT molecular complexity index is 419. The predicted octanol–water partition coefficient (Wildman–Crippen LogP) is 0.674. The van der Waals surface area contributed by atoms with Crippen molar-refractivity contribution in [2.75, 3.05) is 6.54 Å². The maximum absolute atomic E-state index is 4.31. The highest BCUT2D eigenvalue weighted by molar-refractivity contribution is 4.91. The molecule has 0 saturated heterocycles. The van der Waals surface area contributed by atoms with Gasteiger partial charge < -0.3 is 9.88 Å². The van der Waals surface area contributed by atoms with Gasteiger partial charge in [-0.15, -0.1) is 5.10 Å². The normalized spacial score (nSPS) is 10.9. The van der Waals surface area contributed by atoms with Gasteiger partial charge in [0.1, 0.15) is 5.82 Å². The molecule has 2 heterocycles. The number of aromatic nitrogens is 5. The molecule has 0 amide bonds. The van der Waals surface area contributed by atoms with Gasteiger partial charge in [0.2, 0.25) is 0 Å². The molecular formula is C11H18N6. The summed E-state index contributed by atoms with van der Waals surface area (Å²) >= 11 is 0. The zero-order chi connectivity index (χ0) is 11.9. The van der Waals surface area contributed by atoms with Crippen LogP contribution in [-0.4, -0.2) is 31.1 Å². The average Bonchev–Trinajstić information content (AvgIpc) is 2.98. The lowest BCUT2D eigenvalue weighted by Crippen LogP contribution is -2.19. The van der Waals surface area contributed by atoms with Crippen molar-refractivity contribution in [3.63, 3.8) is 0 Å². The van der Waals surface area contributed by atoms with Crippen LogP contribution in [0.25, 0.3) is 0 Å². The fourth-order valence-electron chi connectivity index (χ4n) is 1.71. The van der Waals surface area contributed by atoms with Gasteiger partial charge in [-0.25, -0.2) is 4.98 Å². The first-order valence-corrected chi connectivity index (χ1v) is 5.95. The van der Waals surface area contributed by atoms with Crippen LogP contribution in [0.2, 0.25) is 0 Å². The topological polar surface area (TPSA) is 60.6 Å². The van der Waals surface area contributed by atoms with E-state index in [1.807, 2.05) is 23.3 Å². The van der Waals surface area contributed by atoms with Crippen molar-refractivity contribution in [1.82, 2.24) is 29.9 Å². The molecule has 2 aromatic heterocycles. The third-order valence-electron chi connectivity index (χ3n) is 2.64. The van der Waals surface area contributed by atoms with Gasteiger partial charge in [0, 0.05) is 31.7 Å². The number of imidazole rings is 1. The second-order valence-corrected chi connectivity index (χ2v) is 3.83. The van der Waals surface area contributed by atoms with E-state index in [1.54, 1.807) is 6.20 Å². The second-order valence-electron chi connectivity index (χ2n) is 3.83. The maximum atomic E-state index is 4.31. The molecule has 0 aliphatic heterocycles. The highest BCUT2D eigenvalue weighted by atomic mass is 15.4. The second kappa shape index (κ2) is 6.15. The highest BCUT2D eigenvalue weighted by Gasteiger charge is 1.99. The smallest absolute Gasteiger partial charge is 0.122 e. The van der Waals surface area contributed by atoms with Crippen molar-refractivity contribution in [3.05, 3.63) is 30.6 Å². The molecule has 2 aromatic rings. The quantitative estimate of drug-likeness (QED) is 0.715. The number of nitrogens with zero attached hydrogens (tertiary/aromatic N) is 5. The Balaban J connectivity index is 1.63. The third kappa shape index (κ3) is 3.39. The lowest BCUT2D eigenvalue weighted by molar-refractivity contribution is 0.520. The number of aryl methyl sites for hydroxylation is 2. The van der Waals surface area contributed by atoms with E-state index >= 15 is 0 Å². The van der Waals surface area contributed by atoms with Crippen molar-refractivity contribution in [1.29, 1.82) is 0 Å². The first-order valence-electron chi connectivity index (χ1n) is 5.95. The van der Waals surface area contributed by atoms with Crippen LogP contribution in [0.15, 0.2) is 24.8 Å². The van der Waals surface area contributed by atoms with Crippen LogP contribution in [0.1, 0.15) is 19.2 Å². The lowest BCUT2D eigenvalue weighted by atomic mass is 10.4. The molecule has 0 radical (unpaired) electrons. The van der Waals surface area contributed by atoms with Gasteiger partial charge in [0.05, 0.1) is 12.7 Å². The molecule has 1 N–H and O–H groups in total. The van der Waals surface area contributed by atoms with Gasteiger partial charge in [-0.05, 0) is 19.9 Å². The summed E-state index contributed by atoms with van der Waals surface area (Å²) in [5.41, 5.74) is 0. The van der Waals surface area contributed by atoms with Gasteiger partial charge in [-0.2, -0.15) is 0 Å². The van der Waals surface area contributed by atoms with Crippen LogP contribution < -0.4 is 5.32 Å². The Morgan fingerprint density at radius 1 is 1.29 bits per heavy atom. The van der Waals surface area contributed by atoms with Crippen molar-refractivity contribution in [2.24, 2.45) is 0 Å². The first-order chi connectivity index (χ1) is 8.40. The minimum absolute atomic E-state index is 0.818. The Morgan fingerprint density at radius 3 is 3.00 bits per heavy atom. The van der Waals surface area contributed by atoms with Crippen LogP contribution in [0.4, 0.5) is 0 Å². The standard InChI is InChI=1S/C11H18N6/c1-2-16-8-5-13-11(16)10-12-4-3-7-17-9-6-14-15-17/h5-6,8-9,12H,2-4,7,10H2,1H3. The zero-order valence-corrected chi connectivity index (χ0v) is 10.1. The van der Waals surface area contributed by atoms with Gasteiger partial charge >= 0.3 is 0 Å². The van der Waals surface area contributed by atoms with Crippen LogP contribution in [0.5, 0.6) is 0 Å². The van der Waals surface area contributed by atoms with Crippen molar-refractivity contribution >= 4 is 0 Å². The van der Waals surface area contributed by atoms with Gasteiger partial charge in [-0.3, -0.25) is 4.68 Å². The summed E-state index contributed by atoms with van der Waals surface area (Å²) < 4.78 is 3.99. The molecule has 2 rings (SSSR count). The summed E-state index contributed by atoms with van der Waals surface area (Å²) in [5, 5.41) is 11.1. The number of nitrogens with one attached hydrogen (secondary N) is 1. The molecule has 0 unspecified atom stereocenters. The van der Waals surface area contributed by atoms with Crippen LogP contribution in [-0.2, 0) is 19.6 Å². The molecule has 6 heteroatoms. The average molecular weight is 234 g/mol. The van der Waals surface area contributed by atoms with Crippen molar-refractivity contribution < 1.29 is 0 Å². The van der Waals surface area contributed by atoms with E-state index in [0.29, 0.717) is 0 Å². The first kappa shape index (κ1) is 11.8. The maximum Gasteiger partial charge on any atom is 0.122 e. The van der Waals surface area contributed by atoms with E-state index in [1.165, 1.54) is 0 Å². The van der Waals surface area contributed by atoms with Gasteiger partial charge in [-0.1, -0.05) is 5.21 Å². The van der Waals surface area contributed by atoms with E-state index in [9.17, 15) is 0 Å². The molecule has 92 valence electrons. The molecule has 0 atom stereocenters. The number of rotatable bonds is 7. The summed E-state index contributed by atoms with van der Waals surface area (Å²) in [6.45, 7) is 5.76. The third-order valence-corrected chi connectivity index (χ3v) is 2.64. The summed E-state index contributed by atoms with van der Waals surface area (Å²) in [7, 11) is 0. The van der Waals surface area contributed by atoms with E-state index in [4.69, 9.17) is 0 Å². The highest BCUT2D eigenvalue weighted by Crippen LogP contribution is 1.96. The molecular weight excluding hydrogens is 216 g/mol. The molecule has 6 nitrogen and oxygen atoms in total. The Hall–Kier alpha value is -1.69. The largest absolute Gasteiger partial charge is 0.334 e. The minimum atomic E-state index is 0.818. The molecule has 0 bridgehead atoms. The number of hydrogen-bond acceptors (Lipinski definition) is 4. The Kier molecular flexibility index (Phi) is 4.26. The molecule has 0 fully saturated rings. The van der Waals surface area contributed by atoms with E-state index < -0.39 is 0 Å². The van der Waals surface area contributed by atoms with Crippen LogP contribution in [0.3, 0.4) is 0 Å². The van der Waals surface area contributed by atoms with Crippen molar-refractivity contribution in [2.45, 2.75) is 33.0 Å². The molecule has 0 aromatic carbocycles. The molecule has 0 aliphatic rings. The van der Waals surface area contributed by atoms with Crippen LogP contribution >= 0.6 is 0 Å². The molecule has 17 heavy (non-hydrogen) atoms. The van der Waals surface area contributed by atoms with E-state index in [2.05, 4.69) is 32.1 Å². The fourth-order valence-corrected chi connectivity index (χ4v) is 1.71. The zero-order valence-electron chi connectivity index (χ0n) is 10.1.